The van der Waals surface area contributed by atoms with Gasteiger partial charge in [-0.15, -0.1) is 0 Å². The Bertz CT molecular complexity index is 542. The third-order valence-electron chi connectivity index (χ3n) is 2.56. The van der Waals surface area contributed by atoms with Gasteiger partial charge in [0, 0.05) is 0 Å². The lowest BCUT2D eigenvalue weighted by atomic mass is 10.2. The van der Waals surface area contributed by atoms with Gasteiger partial charge >= 0.3 is 0 Å². The second kappa shape index (κ2) is 7.34. The van der Waals surface area contributed by atoms with Crippen LogP contribution in [0.3, 0.4) is 0 Å². The van der Waals surface area contributed by atoms with Gasteiger partial charge in [0.05, 0.1) is 24.5 Å². The second-order valence-corrected chi connectivity index (χ2v) is 4.20. The zero-order valence-corrected chi connectivity index (χ0v) is 10.9. The molecule has 2 rings (SSSR count). The van der Waals surface area contributed by atoms with E-state index in [0.29, 0.717) is 23.7 Å². The average Bonchev–Trinajstić information content (AvgIpc) is 2.99. The lowest BCUT2D eigenvalue weighted by Crippen LogP contribution is -2.23. The number of benzene rings is 1. The van der Waals surface area contributed by atoms with Crippen molar-refractivity contribution < 1.29 is 19.0 Å². The Balaban J connectivity index is 1.66. The number of nitriles is 1. The molecule has 0 bridgehead atoms. The fourth-order valence-corrected chi connectivity index (χ4v) is 1.56. The SMILES string of the molecule is N#Cc1ccc(OCC(O)COCc2ccco2)cc1. The molecule has 1 N–H and O–H groups in total. The zero-order chi connectivity index (χ0) is 14.2. The largest absolute Gasteiger partial charge is 0.491 e. The van der Waals surface area contributed by atoms with Crippen LogP contribution in [0.1, 0.15) is 11.3 Å². The number of aliphatic hydroxyl groups excluding tert-OH is 1. The van der Waals surface area contributed by atoms with Crippen LogP contribution in [0.5, 0.6) is 5.75 Å². The maximum Gasteiger partial charge on any atom is 0.129 e. The molecule has 0 aliphatic carbocycles. The van der Waals surface area contributed by atoms with Crippen molar-refractivity contribution in [3.8, 4) is 11.8 Å². The summed E-state index contributed by atoms with van der Waals surface area (Å²) < 4.78 is 15.8. The number of furan rings is 1. The fourth-order valence-electron chi connectivity index (χ4n) is 1.56. The van der Waals surface area contributed by atoms with Crippen LogP contribution >= 0.6 is 0 Å². The quantitative estimate of drug-likeness (QED) is 0.836. The highest BCUT2D eigenvalue weighted by Gasteiger charge is 2.06. The van der Waals surface area contributed by atoms with E-state index in [0.717, 1.165) is 0 Å². The first-order chi connectivity index (χ1) is 9.78. The standard InChI is InChI=1S/C15H15NO4/c16-8-12-3-5-14(6-4-12)20-10-13(17)9-18-11-15-2-1-7-19-15/h1-7,13,17H,9-11H2. The van der Waals surface area contributed by atoms with Crippen molar-refractivity contribution in [3.63, 3.8) is 0 Å². The molecule has 0 fully saturated rings. The summed E-state index contributed by atoms with van der Waals surface area (Å²) in [5.41, 5.74) is 0.569. The summed E-state index contributed by atoms with van der Waals surface area (Å²) in [7, 11) is 0. The van der Waals surface area contributed by atoms with Crippen LogP contribution in [0.4, 0.5) is 0 Å². The summed E-state index contributed by atoms with van der Waals surface area (Å²) in [5.74, 6) is 1.32. The number of nitrogens with zero attached hydrogens (tertiary/aromatic N) is 1. The lowest BCUT2D eigenvalue weighted by molar-refractivity contribution is 0.000879. The van der Waals surface area contributed by atoms with Crippen molar-refractivity contribution in [2.75, 3.05) is 13.2 Å². The van der Waals surface area contributed by atoms with Gasteiger partial charge in [-0.2, -0.15) is 5.26 Å². The summed E-state index contributed by atoms with van der Waals surface area (Å²) >= 11 is 0. The first kappa shape index (κ1) is 14.1. The van der Waals surface area contributed by atoms with Crippen LogP contribution in [-0.4, -0.2) is 24.4 Å². The van der Waals surface area contributed by atoms with Gasteiger partial charge < -0.3 is 19.0 Å². The summed E-state index contributed by atoms with van der Waals surface area (Å²) in [5, 5.41) is 18.4. The van der Waals surface area contributed by atoms with Crippen molar-refractivity contribution in [2.45, 2.75) is 12.7 Å². The number of ether oxygens (including phenoxy) is 2. The Hall–Kier alpha value is -2.29. The highest BCUT2D eigenvalue weighted by Crippen LogP contribution is 2.12. The summed E-state index contributed by atoms with van der Waals surface area (Å²) in [6, 6.07) is 12.3. The molecule has 1 aromatic heterocycles. The highest BCUT2D eigenvalue weighted by atomic mass is 16.5. The van der Waals surface area contributed by atoms with Crippen molar-refractivity contribution >= 4 is 0 Å². The smallest absolute Gasteiger partial charge is 0.129 e. The molecule has 0 aliphatic heterocycles. The molecule has 0 saturated heterocycles. The van der Waals surface area contributed by atoms with Gasteiger partial charge in [-0.1, -0.05) is 0 Å². The van der Waals surface area contributed by atoms with Crippen molar-refractivity contribution in [1.82, 2.24) is 0 Å². The maximum absolute atomic E-state index is 9.71. The molecule has 1 aromatic carbocycles. The molecule has 0 spiro atoms. The fraction of sp³-hybridized carbons (Fsp3) is 0.267. The van der Waals surface area contributed by atoms with E-state index in [-0.39, 0.29) is 13.2 Å². The van der Waals surface area contributed by atoms with Gasteiger partial charge in [-0.25, -0.2) is 0 Å². The number of hydrogen-bond acceptors (Lipinski definition) is 5. The van der Waals surface area contributed by atoms with E-state index >= 15 is 0 Å². The van der Waals surface area contributed by atoms with Gasteiger partial charge in [-0.3, -0.25) is 0 Å². The summed E-state index contributed by atoms with van der Waals surface area (Å²) in [4.78, 5) is 0. The minimum absolute atomic E-state index is 0.129. The van der Waals surface area contributed by atoms with Gasteiger partial charge in [0.1, 0.15) is 30.8 Å². The maximum atomic E-state index is 9.71. The number of aliphatic hydroxyl groups is 1. The summed E-state index contributed by atoms with van der Waals surface area (Å²) in [6.07, 6.45) is 0.851. The molecule has 0 radical (unpaired) electrons. The number of rotatable bonds is 7. The van der Waals surface area contributed by atoms with Gasteiger partial charge in [0.15, 0.2) is 0 Å². The molecule has 0 amide bonds. The molecule has 1 unspecified atom stereocenters. The molecular weight excluding hydrogens is 258 g/mol. The molecule has 0 aliphatic rings. The first-order valence-corrected chi connectivity index (χ1v) is 6.19. The van der Waals surface area contributed by atoms with E-state index in [4.69, 9.17) is 19.2 Å². The average molecular weight is 273 g/mol. The topological polar surface area (TPSA) is 75.6 Å². The van der Waals surface area contributed by atoms with E-state index in [1.807, 2.05) is 6.07 Å². The number of hydrogen-bond donors (Lipinski definition) is 1. The molecule has 20 heavy (non-hydrogen) atoms. The normalized spacial score (nSPS) is 11.8. The third kappa shape index (κ3) is 4.43. The second-order valence-electron chi connectivity index (χ2n) is 4.20. The van der Waals surface area contributed by atoms with Crippen LogP contribution in [0, 0.1) is 11.3 Å². The van der Waals surface area contributed by atoms with E-state index in [1.54, 1.807) is 42.7 Å². The minimum atomic E-state index is -0.722. The Kier molecular flexibility index (Phi) is 5.18. The van der Waals surface area contributed by atoms with Gasteiger partial charge in [-0.05, 0) is 36.4 Å². The molecule has 0 saturated carbocycles. The Morgan fingerprint density at radius 3 is 2.65 bits per heavy atom. The lowest BCUT2D eigenvalue weighted by Gasteiger charge is -2.12. The van der Waals surface area contributed by atoms with Crippen LogP contribution in [-0.2, 0) is 11.3 Å². The molecular formula is C15H15NO4. The predicted octanol–water partition coefficient (Wildman–Crippen LogP) is 2.11. The molecule has 5 heteroatoms. The van der Waals surface area contributed by atoms with Crippen LogP contribution in [0.25, 0.3) is 0 Å². The molecule has 1 heterocycles. The van der Waals surface area contributed by atoms with E-state index in [9.17, 15) is 5.11 Å². The Morgan fingerprint density at radius 1 is 1.20 bits per heavy atom. The van der Waals surface area contributed by atoms with E-state index in [2.05, 4.69) is 0 Å². The highest BCUT2D eigenvalue weighted by molar-refractivity contribution is 5.34. The van der Waals surface area contributed by atoms with Crippen molar-refractivity contribution in [3.05, 3.63) is 54.0 Å². The molecule has 2 aromatic rings. The molecule has 5 nitrogen and oxygen atoms in total. The Morgan fingerprint density at radius 2 is 2.00 bits per heavy atom. The van der Waals surface area contributed by atoms with Crippen molar-refractivity contribution in [2.24, 2.45) is 0 Å². The first-order valence-electron chi connectivity index (χ1n) is 6.19. The predicted molar refractivity (Wildman–Crippen MR) is 71.0 cm³/mol. The van der Waals surface area contributed by atoms with E-state index in [1.165, 1.54) is 0 Å². The van der Waals surface area contributed by atoms with Gasteiger partial charge in [0.25, 0.3) is 0 Å². The van der Waals surface area contributed by atoms with Crippen LogP contribution < -0.4 is 4.74 Å². The van der Waals surface area contributed by atoms with Crippen LogP contribution in [0.2, 0.25) is 0 Å². The van der Waals surface area contributed by atoms with Crippen LogP contribution in [0.15, 0.2) is 47.1 Å². The summed E-state index contributed by atoms with van der Waals surface area (Å²) in [6.45, 7) is 0.613. The third-order valence-corrected chi connectivity index (χ3v) is 2.56. The van der Waals surface area contributed by atoms with Crippen molar-refractivity contribution in [1.29, 1.82) is 5.26 Å². The zero-order valence-electron chi connectivity index (χ0n) is 10.9. The minimum Gasteiger partial charge on any atom is -0.491 e. The van der Waals surface area contributed by atoms with E-state index < -0.39 is 6.10 Å². The molecule has 1 atom stereocenters. The monoisotopic (exact) mass is 273 g/mol. The van der Waals surface area contributed by atoms with Gasteiger partial charge in [0.2, 0.25) is 0 Å². The molecule has 104 valence electrons. The Labute approximate surface area is 117 Å².